The maximum atomic E-state index is 13.1. The van der Waals surface area contributed by atoms with Crippen molar-refractivity contribution < 1.29 is 28.3 Å². The van der Waals surface area contributed by atoms with E-state index < -0.39 is 11.6 Å². The molecule has 0 aliphatic carbocycles. The number of fused-ring (bicyclic) bond motifs is 1. The van der Waals surface area contributed by atoms with Crippen molar-refractivity contribution in [3.63, 3.8) is 0 Å². The van der Waals surface area contributed by atoms with E-state index in [2.05, 4.69) is 15.5 Å². The van der Waals surface area contributed by atoms with Crippen LogP contribution in [0.1, 0.15) is 18.4 Å². The van der Waals surface area contributed by atoms with Crippen molar-refractivity contribution in [2.24, 2.45) is 0 Å². The van der Waals surface area contributed by atoms with Gasteiger partial charge in [0.1, 0.15) is 17.8 Å². The summed E-state index contributed by atoms with van der Waals surface area (Å²) in [4.78, 5) is 31.1. The van der Waals surface area contributed by atoms with E-state index in [4.69, 9.17) is 18.7 Å². The Labute approximate surface area is 183 Å². The van der Waals surface area contributed by atoms with Gasteiger partial charge >= 0.3 is 6.03 Å². The van der Waals surface area contributed by atoms with Crippen LogP contribution in [-0.2, 0) is 17.8 Å². The van der Waals surface area contributed by atoms with Crippen LogP contribution in [0.25, 0.3) is 11.4 Å². The van der Waals surface area contributed by atoms with Gasteiger partial charge in [-0.3, -0.25) is 9.69 Å². The average molecular weight is 436 g/mol. The summed E-state index contributed by atoms with van der Waals surface area (Å²) in [6, 6.07) is 12.1. The van der Waals surface area contributed by atoms with Crippen LogP contribution >= 0.6 is 0 Å². The van der Waals surface area contributed by atoms with E-state index in [1.54, 1.807) is 44.4 Å². The second-order valence-corrected chi connectivity index (χ2v) is 7.76. The Kier molecular flexibility index (Phi) is 4.69. The Morgan fingerprint density at radius 2 is 1.91 bits per heavy atom. The zero-order valence-corrected chi connectivity index (χ0v) is 17.5. The predicted molar refractivity (Wildman–Crippen MR) is 110 cm³/mol. The number of nitrogens with one attached hydrogen (secondary N) is 1. The summed E-state index contributed by atoms with van der Waals surface area (Å²) in [6.45, 7) is 1.74. The molecule has 164 valence electrons. The van der Waals surface area contributed by atoms with Crippen molar-refractivity contribution >= 4 is 11.9 Å². The van der Waals surface area contributed by atoms with Gasteiger partial charge < -0.3 is 24.1 Å². The van der Waals surface area contributed by atoms with E-state index in [9.17, 15) is 9.59 Å². The predicted octanol–water partition coefficient (Wildman–Crippen LogP) is 2.53. The minimum absolute atomic E-state index is 0.120. The summed E-state index contributed by atoms with van der Waals surface area (Å²) < 4.78 is 21.1. The molecule has 3 heterocycles. The summed E-state index contributed by atoms with van der Waals surface area (Å²) in [5.74, 6) is 2.13. The van der Waals surface area contributed by atoms with E-state index in [-0.39, 0.29) is 25.1 Å². The van der Waals surface area contributed by atoms with Gasteiger partial charge in [-0.2, -0.15) is 4.98 Å². The maximum Gasteiger partial charge on any atom is 0.325 e. The van der Waals surface area contributed by atoms with E-state index >= 15 is 0 Å². The molecule has 1 aromatic heterocycles. The molecule has 1 saturated heterocycles. The molecule has 10 heteroatoms. The van der Waals surface area contributed by atoms with Gasteiger partial charge in [-0.25, -0.2) is 4.79 Å². The number of benzene rings is 2. The molecular formula is C22H20N4O6. The van der Waals surface area contributed by atoms with E-state index in [0.717, 1.165) is 16.0 Å². The molecule has 0 unspecified atom stereocenters. The Hall–Kier alpha value is -4.08. The Bertz CT molecular complexity index is 1190. The first kappa shape index (κ1) is 19.9. The highest BCUT2D eigenvalue weighted by atomic mass is 16.7. The van der Waals surface area contributed by atoms with Crippen molar-refractivity contribution in [3.05, 3.63) is 53.9 Å². The monoisotopic (exact) mass is 436 g/mol. The van der Waals surface area contributed by atoms with Gasteiger partial charge in [0, 0.05) is 12.0 Å². The van der Waals surface area contributed by atoms with Crippen LogP contribution in [0.4, 0.5) is 4.79 Å². The highest BCUT2D eigenvalue weighted by Gasteiger charge is 2.48. The first-order valence-corrected chi connectivity index (χ1v) is 9.95. The van der Waals surface area contributed by atoms with Crippen molar-refractivity contribution in [2.75, 3.05) is 13.9 Å². The van der Waals surface area contributed by atoms with Crippen LogP contribution in [-0.4, -0.2) is 46.4 Å². The number of carbonyl (C=O) groups excluding carboxylic acids is 2. The fourth-order valence-electron chi connectivity index (χ4n) is 3.78. The molecule has 2 aliphatic heterocycles. The molecule has 0 saturated carbocycles. The average Bonchev–Trinajstić information content (AvgIpc) is 3.50. The van der Waals surface area contributed by atoms with Gasteiger partial charge in [-0.05, 0) is 48.9 Å². The van der Waals surface area contributed by atoms with Crippen LogP contribution < -0.4 is 19.5 Å². The number of carbonyl (C=O) groups is 2. The lowest BCUT2D eigenvalue weighted by molar-refractivity contribution is -0.131. The van der Waals surface area contributed by atoms with Gasteiger partial charge in [0.15, 0.2) is 11.5 Å². The molecule has 2 aromatic carbocycles. The van der Waals surface area contributed by atoms with Crippen molar-refractivity contribution in [2.45, 2.75) is 25.4 Å². The maximum absolute atomic E-state index is 13.1. The zero-order valence-electron chi connectivity index (χ0n) is 17.5. The molecule has 10 nitrogen and oxygen atoms in total. The number of aromatic nitrogens is 2. The van der Waals surface area contributed by atoms with E-state index in [1.807, 2.05) is 12.1 Å². The number of nitrogens with zero attached hydrogens (tertiary/aromatic N) is 3. The zero-order chi connectivity index (χ0) is 22.3. The summed E-state index contributed by atoms with van der Waals surface area (Å²) >= 11 is 0. The smallest absolute Gasteiger partial charge is 0.325 e. The molecule has 5 rings (SSSR count). The van der Waals surface area contributed by atoms with Crippen LogP contribution in [0.2, 0.25) is 0 Å². The quantitative estimate of drug-likeness (QED) is 0.586. The molecule has 1 atom stereocenters. The van der Waals surface area contributed by atoms with Gasteiger partial charge in [-0.15, -0.1) is 0 Å². The van der Waals surface area contributed by atoms with Crippen LogP contribution in [0.3, 0.4) is 0 Å². The Balaban J connectivity index is 1.30. The molecule has 0 spiro atoms. The number of ether oxygens (including phenoxy) is 3. The summed E-state index contributed by atoms with van der Waals surface area (Å²) in [5, 5.41) is 6.73. The second-order valence-electron chi connectivity index (χ2n) is 7.76. The Morgan fingerprint density at radius 1 is 1.12 bits per heavy atom. The van der Waals surface area contributed by atoms with Gasteiger partial charge in [-0.1, -0.05) is 11.2 Å². The number of amides is 3. The molecule has 3 amide bonds. The van der Waals surface area contributed by atoms with Gasteiger partial charge in [0.25, 0.3) is 5.91 Å². The minimum Gasteiger partial charge on any atom is -0.497 e. The summed E-state index contributed by atoms with van der Waals surface area (Å²) in [7, 11) is 1.58. The molecule has 2 aliphatic rings. The third-order valence-corrected chi connectivity index (χ3v) is 5.45. The lowest BCUT2D eigenvalue weighted by Crippen LogP contribution is -2.45. The second kappa shape index (κ2) is 7.56. The third-order valence-electron chi connectivity index (χ3n) is 5.45. The van der Waals surface area contributed by atoms with Crippen LogP contribution in [0, 0.1) is 0 Å². The lowest BCUT2D eigenvalue weighted by atomic mass is 9.92. The number of methoxy groups -OCH3 is 1. The highest BCUT2D eigenvalue weighted by Crippen LogP contribution is 2.34. The van der Waals surface area contributed by atoms with Crippen LogP contribution in [0.15, 0.2) is 47.0 Å². The number of hydrogen-bond acceptors (Lipinski definition) is 8. The molecule has 1 N–H and O–H groups in total. The number of urea groups is 1. The fourth-order valence-corrected chi connectivity index (χ4v) is 3.78. The summed E-state index contributed by atoms with van der Waals surface area (Å²) in [5.41, 5.74) is 0.460. The molecular weight excluding hydrogens is 416 g/mol. The highest BCUT2D eigenvalue weighted by molar-refractivity contribution is 6.06. The first-order chi connectivity index (χ1) is 15.4. The molecule has 0 bridgehead atoms. The minimum atomic E-state index is -1.11. The number of hydrogen-bond donors (Lipinski definition) is 1. The van der Waals surface area contributed by atoms with Gasteiger partial charge in [0.05, 0.1) is 7.11 Å². The van der Waals surface area contributed by atoms with E-state index in [1.165, 1.54) is 0 Å². The van der Waals surface area contributed by atoms with Gasteiger partial charge in [0.2, 0.25) is 18.5 Å². The van der Waals surface area contributed by atoms with E-state index in [0.29, 0.717) is 29.5 Å². The van der Waals surface area contributed by atoms with Crippen molar-refractivity contribution in [1.29, 1.82) is 0 Å². The fraction of sp³-hybridized carbons (Fsp3) is 0.273. The van der Waals surface area contributed by atoms with Crippen molar-refractivity contribution in [1.82, 2.24) is 20.4 Å². The largest absolute Gasteiger partial charge is 0.497 e. The van der Waals surface area contributed by atoms with Crippen LogP contribution in [0.5, 0.6) is 17.2 Å². The summed E-state index contributed by atoms with van der Waals surface area (Å²) in [6.07, 6.45) is 0.297. The molecule has 0 radical (unpaired) electrons. The number of imide groups is 1. The van der Waals surface area contributed by atoms with Crippen molar-refractivity contribution in [3.8, 4) is 28.6 Å². The Morgan fingerprint density at radius 3 is 2.69 bits per heavy atom. The third kappa shape index (κ3) is 3.49. The molecule has 3 aromatic rings. The first-order valence-electron chi connectivity index (χ1n) is 9.95. The molecule has 32 heavy (non-hydrogen) atoms. The normalized spacial score (nSPS) is 19.4. The SMILES string of the molecule is COc1ccc(-c2noc(CN3C(=O)N[C@](C)(Cc4ccc5c(c4)OCO5)C3=O)n2)cc1. The lowest BCUT2D eigenvalue weighted by Gasteiger charge is -2.21. The standard InChI is InChI=1S/C22H20N4O6/c1-22(10-13-3-8-16-17(9-13)31-12-30-16)20(27)26(21(28)24-22)11-18-23-19(25-32-18)14-4-6-15(29-2)7-5-14/h3-9H,10-12H2,1-2H3,(H,24,28)/t22-/m1/s1. The molecule has 1 fully saturated rings. The topological polar surface area (TPSA) is 116 Å². The number of rotatable bonds is 6.